The van der Waals surface area contributed by atoms with Crippen LogP contribution in [0.5, 0.6) is 0 Å². The Balaban J connectivity index is -0.000000131. The Bertz CT molecular complexity index is 122. The van der Waals surface area contributed by atoms with Crippen LogP contribution in [-0.2, 0) is 3.83 Å². The van der Waals surface area contributed by atoms with Crippen molar-refractivity contribution in [3.05, 3.63) is 0 Å². The molecule has 0 fully saturated rings. The first-order valence-corrected chi connectivity index (χ1v) is 13.3. The molecule has 0 amide bonds. The van der Waals surface area contributed by atoms with Crippen LogP contribution >= 0.6 is 14.5 Å². The van der Waals surface area contributed by atoms with E-state index in [9.17, 15) is 0 Å². The van der Waals surface area contributed by atoms with Gasteiger partial charge in [-0.2, -0.15) is 0 Å². The second-order valence-electron chi connectivity index (χ2n) is 5.57. The zero-order chi connectivity index (χ0) is 12.6. The fourth-order valence-corrected chi connectivity index (χ4v) is 0. The predicted octanol–water partition coefficient (Wildman–Crippen LogP) is 0.169. The van der Waals surface area contributed by atoms with Crippen molar-refractivity contribution in [1.82, 2.24) is 0 Å². The summed E-state index contributed by atoms with van der Waals surface area (Å²) in [5, 5.41) is 0. The summed E-state index contributed by atoms with van der Waals surface area (Å²) in [5.41, 5.74) is 0. The van der Waals surface area contributed by atoms with Crippen molar-refractivity contribution in [3.63, 3.8) is 0 Å². The standard InChI is InChI=1S/2C4H12P.H2O3Se/c2*1-5(2,3)4;1-4(2)3/h2*1-4H3;(H2,1,2,3)/q2*+1;/p-2. The first kappa shape index (κ1) is 20.5. The van der Waals surface area contributed by atoms with E-state index in [0.29, 0.717) is 0 Å². The van der Waals surface area contributed by atoms with Crippen LogP contribution in [-0.4, -0.2) is 67.8 Å². The van der Waals surface area contributed by atoms with E-state index in [4.69, 9.17) is 12.2 Å². The fraction of sp³-hybridized carbons (Fsp3) is 1.00. The van der Waals surface area contributed by atoms with Crippen LogP contribution in [0.25, 0.3) is 0 Å². The van der Waals surface area contributed by atoms with E-state index in [1.807, 2.05) is 0 Å². The van der Waals surface area contributed by atoms with Gasteiger partial charge in [-0.3, -0.25) is 0 Å². The molecule has 0 aliphatic carbocycles. The monoisotopic (exact) mass is 310 g/mol. The van der Waals surface area contributed by atoms with Gasteiger partial charge in [-0.25, -0.2) is 0 Å². The Kier molecular flexibility index (Phi) is 13.7. The van der Waals surface area contributed by atoms with Crippen LogP contribution in [0.2, 0.25) is 0 Å². The molecule has 6 heteroatoms. The molecule has 90 valence electrons. The summed E-state index contributed by atoms with van der Waals surface area (Å²) >= 11 is -3.79. The molecule has 0 spiro atoms. The molecule has 3 nitrogen and oxygen atoms in total. The van der Waals surface area contributed by atoms with Gasteiger partial charge in [0.15, 0.2) is 0 Å². The van der Waals surface area contributed by atoms with Crippen molar-refractivity contribution >= 4 is 29.0 Å². The Hall–Kier alpha value is 1.10. The molecule has 0 unspecified atom stereocenters. The molecule has 0 aromatic rings. The van der Waals surface area contributed by atoms with Gasteiger partial charge < -0.3 is 0 Å². The van der Waals surface area contributed by atoms with E-state index in [1.165, 1.54) is 0 Å². The topological polar surface area (TPSA) is 63.2 Å². The van der Waals surface area contributed by atoms with Gasteiger partial charge in [0.25, 0.3) is 0 Å². The molecule has 0 aromatic heterocycles. The molecular formula is C8H24O3P2Se. The van der Waals surface area contributed by atoms with Crippen molar-refractivity contribution in [2.45, 2.75) is 0 Å². The molecule has 0 rings (SSSR count). The molecule has 0 atom stereocenters. The van der Waals surface area contributed by atoms with Crippen LogP contribution in [0.1, 0.15) is 0 Å². The molecular weight excluding hydrogens is 285 g/mol. The second kappa shape index (κ2) is 9.33. The SMILES string of the molecule is C[P+](C)(C)C.C[P+](C)(C)C.O=[Se]([O-])[O-]. The van der Waals surface area contributed by atoms with Gasteiger partial charge in [0.05, 0.1) is 0 Å². The van der Waals surface area contributed by atoms with Crippen LogP contribution in [0.3, 0.4) is 0 Å². The molecule has 0 saturated heterocycles. The predicted molar refractivity (Wildman–Crippen MR) is 67.7 cm³/mol. The number of hydrogen-bond donors (Lipinski definition) is 0. The third-order valence-corrected chi connectivity index (χ3v) is 0. The summed E-state index contributed by atoms with van der Waals surface area (Å²) in [6.45, 7) is 18.4. The van der Waals surface area contributed by atoms with E-state index in [0.717, 1.165) is 0 Å². The minimum atomic E-state index is -3.79. The maximum absolute atomic E-state index is 8.54. The van der Waals surface area contributed by atoms with E-state index < -0.39 is 14.5 Å². The Labute approximate surface area is 94.7 Å². The molecule has 0 heterocycles. The van der Waals surface area contributed by atoms with Gasteiger partial charge in [-0.1, -0.05) is 0 Å². The van der Waals surface area contributed by atoms with E-state index in [-0.39, 0.29) is 14.5 Å². The fourth-order valence-electron chi connectivity index (χ4n) is 0. The van der Waals surface area contributed by atoms with Gasteiger partial charge in [0, 0.05) is 67.8 Å². The third-order valence-electron chi connectivity index (χ3n) is 0. The van der Waals surface area contributed by atoms with Crippen LogP contribution < -0.4 is 8.38 Å². The summed E-state index contributed by atoms with van der Waals surface area (Å²) in [4.78, 5) is 0. The second-order valence-corrected chi connectivity index (χ2v) is 17.2. The van der Waals surface area contributed by atoms with Gasteiger partial charge in [0.1, 0.15) is 0 Å². The Morgan fingerprint density at radius 3 is 0.714 bits per heavy atom. The van der Waals surface area contributed by atoms with Gasteiger partial charge in [0.2, 0.25) is 0 Å². The van der Waals surface area contributed by atoms with E-state index in [1.54, 1.807) is 0 Å². The summed E-state index contributed by atoms with van der Waals surface area (Å²) in [6.07, 6.45) is 0. The molecule has 0 aliphatic rings. The Morgan fingerprint density at radius 2 is 0.714 bits per heavy atom. The van der Waals surface area contributed by atoms with Crippen molar-refractivity contribution in [2.75, 3.05) is 53.3 Å². The quantitative estimate of drug-likeness (QED) is 0.473. The average molecular weight is 309 g/mol. The van der Waals surface area contributed by atoms with Crippen LogP contribution in [0.15, 0.2) is 0 Å². The minimum absolute atomic E-state index is 0.389. The average Bonchev–Trinajstić information content (AvgIpc) is 1.45. The molecule has 0 radical (unpaired) electrons. The normalized spacial score (nSPS) is 11.1. The van der Waals surface area contributed by atoms with E-state index in [2.05, 4.69) is 53.3 Å². The Morgan fingerprint density at radius 1 is 0.714 bits per heavy atom. The molecule has 0 N–H and O–H groups in total. The molecule has 0 bridgehead atoms. The molecule has 14 heavy (non-hydrogen) atoms. The number of rotatable bonds is 0. The molecule has 0 aliphatic heterocycles. The summed E-state index contributed by atoms with van der Waals surface area (Å²) in [5.74, 6) is 0. The van der Waals surface area contributed by atoms with Gasteiger partial charge >= 0.3 is 26.7 Å². The zero-order valence-electron chi connectivity index (χ0n) is 10.5. The van der Waals surface area contributed by atoms with E-state index >= 15 is 0 Å². The van der Waals surface area contributed by atoms with Gasteiger partial charge in [-0.15, -0.1) is 0 Å². The first-order valence-electron chi connectivity index (χ1n) is 4.08. The number of hydrogen-bond acceptors (Lipinski definition) is 3. The zero-order valence-corrected chi connectivity index (χ0v) is 14.0. The first-order chi connectivity index (χ1) is 5.73. The van der Waals surface area contributed by atoms with Gasteiger partial charge in [-0.05, 0) is 0 Å². The van der Waals surface area contributed by atoms with Crippen molar-refractivity contribution < 1.29 is 12.2 Å². The maximum atomic E-state index is 8.54. The molecule has 0 aromatic carbocycles. The third kappa shape index (κ3) is 1590. The van der Waals surface area contributed by atoms with Crippen molar-refractivity contribution in [1.29, 1.82) is 0 Å². The van der Waals surface area contributed by atoms with Crippen LogP contribution in [0, 0.1) is 0 Å². The summed E-state index contributed by atoms with van der Waals surface area (Å²) in [7, 11) is -0.778. The molecule has 0 saturated carbocycles. The van der Waals surface area contributed by atoms with Crippen molar-refractivity contribution in [3.8, 4) is 0 Å². The van der Waals surface area contributed by atoms with Crippen molar-refractivity contribution in [2.24, 2.45) is 0 Å². The summed E-state index contributed by atoms with van der Waals surface area (Å²) < 4.78 is 25.6. The van der Waals surface area contributed by atoms with Crippen LogP contribution in [0.4, 0.5) is 0 Å². The summed E-state index contributed by atoms with van der Waals surface area (Å²) in [6, 6.07) is 0.